The lowest BCUT2D eigenvalue weighted by molar-refractivity contribution is 1.23. The minimum Gasteiger partial charge on any atom is -0.0807 e. The number of rotatable bonds is 7. The van der Waals surface area contributed by atoms with Gasteiger partial charge < -0.3 is 0 Å². The molecule has 9 aromatic rings. The van der Waals surface area contributed by atoms with Gasteiger partial charge in [-0.25, -0.2) is 0 Å². The average molecular weight is 827 g/mol. The Morgan fingerprint density at radius 3 is 1.17 bits per heavy atom. The van der Waals surface area contributed by atoms with Crippen LogP contribution in [-0.2, 0) is 6.42 Å². The van der Waals surface area contributed by atoms with Crippen LogP contribution in [0.15, 0.2) is 218 Å². The summed E-state index contributed by atoms with van der Waals surface area (Å²) in [5.74, 6) is 0. The van der Waals surface area contributed by atoms with Gasteiger partial charge in [0.1, 0.15) is 0 Å². The van der Waals surface area contributed by atoms with Crippen molar-refractivity contribution >= 4 is 27.1 Å². The lowest BCUT2D eigenvalue weighted by Crippen LogP contribution is -1.96. The van der Waals surface area contributed by atoms with Crippen molar-refractivity contribution in [3.63, 3.8) is 0 Å². The van der Waals surface area contributed by atoms with Crippen LogP contribution in [0.4, 0.5) is 0 Å². The molecule has 0 amide bonds. The Labute approximate surface area is 381 Å². The molecule has 0 radical (unpaired) electrons. The van der Waals surface area contributed by atoms with E-state index >= 15 is 0 Å². The molecule has 0 fully saturated rings. The van der Waals surface area contributed by atoms with Crippen LogP contribution in [0.1, 0.15) is 59.2 Å². The minimum absolute atomic E-state index is 0.961. The fourth-order valence-electron chi connectivity index (χ4n) is 9.11. The molecule has 0 heteroatoms. The minimum atomic E-state index is 0.961. The van der Waals surface area contributed by atoms with E-state index in [4.69, 9.17) is 0 Å². The zero-order valence-corrected chi connectivity index (χ0v) is 38.2. The number of hydrogen-bond donors (Lipinski definition) is 0. The highest BCUT2D eigenvalue weighted by Crippen LogP contribution is 2.41. The Bertz CT molecular complexity index is 2980. The van der Waals surface area contributed by atoms with Gasteiger partial charge in [0.2, 0.25) is 0 Å². The fourth-order valence-corrected chi connectivity index (χ4v) is 9.11. The number of aryl methyl sites for hydroxylation is 2. The molecule has 9 aromatic carbocycles. The SMILES string of the molecule is CC.Cc1c(C2=CC=CCC=C2)cc(-c2cc(-c3ccccc3)c(C)c(-c3ccccc3)c2)cc1-c1ccccc1.Cc1ccc(Cc2ccc(C)c3ccccc23)c2ccccc12. The molecule has 0 aliphatic heterocycles. The van der Waals surface area contributed by atoms with Gasteiger partial charge in [-0.3, -0.25) is 0 Å². The zero-order chi connectivity index (χ0) is 44.4. The molecule has 0 nitrogen and oxygen atoms in total. The molecule has 0 atom stereocenters. The molecule has 0 unspecified atom stereocenters. The van der Waals surface area contributed by atoms with Crippen LogP contribution in [0.3, 0.4) is 0 Å². The molecule has 314 valence electrons. The van der Waals surface area contributed by atoms with Crippen molar-refractivity contribution in [3.05, 3.63) is 257 Å². The van der Waals surface area contributed by atoms with Gasteiger partial charge in [-0.1, -0.05) is 208 Å². The summed E-state index contributed by atoms with van der Waals surface area (Å²) >= 11 is 0. The maximum absolute atomic E-state index is 2.38. The van der Waals surface area contributed by atoms with Crippen molar-refractivity contribution in [2.75, 3.05) is 0 Å². The molecule has 0 spiro atoms. The number of hydrogen-bond acceptors (Lipinski definition) is 0. The topological polar surface area (TPSA) is 0 Å². The normalized spacial score (nSPS) is 11.9. The van der Waals surface area contributed by atoms with Crippen LogP contribution in [-0.4, -0.2) is 0 Å². The third kappa shape index (κ3) is 9.38. The van der Waals surface area contributed by atoms with E-state index in [-0.39, 0.29) is 0 Å². The Hall–Kier alpha value is -7.28. The molecule has 0 saturated heterocycles. The van der Waals surface area contributed by atoms with E-state index in [1.807, 2.05) is 13.8 Å². The molecule has 0 heterocycles. The van der Waals surface area contributed by atoms with Gasteiger partial charge >= 0.3 is 0 Å². The number of allylic oxidation sites excluding steroid dienone is 6. The molecule has 64 heavy (non-hydrogen) atoms. The van der Waals surface area contributed by atoms with Crippen LogP contribution >= 0.6 is 0 Å². The van der Waals surface area contributed by atoms with E-state index in [0.29, 0.717) is 0 Å². The molecular weight excluding hydrogens is 769 g/mol. The molecule has 0 aromatic heterocycles. The van der Waals surface area contributed by atoms with Gasteiger partial charge in [-0.15, -0.1) is 0 Å². The summed E-state index contributed by atoms with van der Waals surface area (Å²) in [7, 11) is 0. The number of benzene rings is 9. The van der Waals surface area contributed by atoms with Gasteiger partial charge in [0.25, 0.3) is 0 Å². The predicted molar refractivity (Wildman–Crippen MR) is 280 cm³/mol. The number of fused-ring (bicyclic) bond motifs is 2. The lowest BCUT2D eigenvalue weighted by atomic mass is 9.85. The van der Waals surface area contributed by atoms with Gasteiger partial charge in [-0.05, 0) is 175 Å². The Balaban J connectivity index is 0.000000190. The second-order valence-corrected chi connectivity index (χ2v) is 16.5. The van der Waals surface area contributed by atoms with Crippen molar-refractivity contribution in [2.24, 2.45) is 0 Å². The summed E-state index contributed by atoms with van der Waals surface area (Å²) < 4.78 is 0. The van der Waals surface area contributed by atoms with E-state index in [0.717, 1.165) is 12.8 Å². The summed E-state index contributed by atoms with van der Waals surface area (Å²) in [4.78, 5) is 0. The van der Waals surface area contributed by atoms with E-state index in [1.165, 1.54) is 111 Å². The van der Waals surface area contributed by atoms with Gasteiger partial charge in [0.15, 0.2) is 0 Å². The monoisotopic (exact) mass is 826 g/mol. The van der Waals surface area contributed by atoms with Crippen LogP contribution in [0.25, 0.3) is 71.6 Å². The smallest absolute Gasteiger partial charge is 0.00135 e. The molecular formula is C64H58. The van der Waals surface area contributed by atoms with E-state index < -0.39 is 0 Å². The predicted octanol–water partition coefficient (Wildman–Crippen LogP) is 18.1. The van der Waals surface area contributed by atoms with Gasteiger partial charge in [0.05, 0.1) is 0 Å². The second-order valence-electron chi connectivity index (χ2n) is 16.5. The van der Waals surface area contributed by atoms with Crippen molar-refractivity contribution in [2.45, 2.75) is 54.4 Å². The van der Waals surface area contributed by atoms with Crippen molar-refractivity contribution in [1.29, 1.82) is 0 Å². The largest absolute Gasteiger partial charge is 0.0807 e. The molecule has 0 bridgehead atoms. The van der Waals surface area contributed by atoms with Crippen LogP contribution in [0.5, 0.6) is 0 Å². The maximum atomic E-state index is 2.38. The van der Waals surface area contributed by atoms with E-state index in [9.17, 15) is 0 Å². The van der Waals surface area contributed by atoms with Crippen molar-refractivity contribution in [3.8, 4) is 44.5 Å². The van der Waals surface area contributed by atoms with Gasteiger partial charge in [-0.2, -0.15) is 0 Å². The molecule has 1 aliphatic carbocycles. The highest BCUT2D eigenvalue weighted by atomic mass is 14.2. The van der Waals surface area contributed by atoms with E-state index in [1.54, 1.807) is 0 Å². The first-order valence-electron chi connectivity index (χ1n) is 22.9. The molecule has 0 saturated carbocycles. The Morgan fingerprint density at radius 1 is 0.359 bits per heavy atom. The van der Waals surface area contributed by atoms with Crippen LogP contribution < -0.4 is 0 Å². The molecule has 0 N–H and O–H groups in total. The Morgan fingerprint density at radius 2 is 0.734 bits per heavy atom. The zero-order valence-electron chi connectivity index (χ0n) is 38.2. The second kappa shape index (κ2) is 20.3. The van der Waals surface area contributed by atoms with Crippen molar-refractivity contribution < 1.29 is 0 Å². The van der Waals surface area contributed by atoms with Gasteiger partial charge in [0, 0.05) is 0 Å². The standard InChI is InChI=1S/C39H32.C23H20.C2H6/c1-28-36(30-16-8-3-4-9-17-30)24-34(25-37(28)31-18-10-5-11-19-31)35-26-38(32-20-12-6-13-21-32)29(2)39(27-35)33-22-14-7-15-23-33;1-16-11-13-18(22-9-5-3-7-20(16)22)15-19-14-12-17(2)21-8-4-6-10-23(19)21;1-2/h3,5-27H,4H2,1-2H3;3-14H,15H2,1-2H3;1-2H3. The lowest BCUT2D eigenvalue weighted by Gasteiger charge is -2.19. The van der Waals surface area contributed by atoms with E-state index in [2.05, 4.69) is 246 Å². The fraction of sp³-hybridized carbons (Fsp3) is 0.125. The quantitative estimate of drug-likeness (QED) is 0.150. The maximum Gasteiger partial charge on any atom is -0.00135 e. The first kappa shape index (κ1) is 43.4. The highest BCUT2D eigenvalue weighted by molar-refractivity contribution is 5.93. The Kier molecular flexibility index (Phi) is 13.7. The summed E-state index contributed by atoms with van der Waals surface area (Å²) in [5, 5.41) is 5.47. The first-order valence-corrected chi connectivity index (χ1v) is 22.9. The van der Waals surface area contributed by atoms with Crippen LogP contribution in [0, 0.1) is 27.7 Å². The third-order valence-electron chi connectivity index (χ3n) is 12.5. The molecule has 1 aliphatic rings. The average Bonchev–Trinajstić information content (AvgIpc) is 3.65. The summed E-state index contributed by atoms with van der Waals surface area (Å²) in [6.45, 7) is 12.9. The molecule has 10 rings (SSSR count). The first-order chi connectivity index (χ1) is 31.4. The van der Waals surface area contributed by atoms with Crippen LogP contribution in [0.2, 0.25) is 0 Å². The summed E-state index contributed by atoms with van der Waals surface area (Å²) in [6.07, 6.45) is 13.1. The third-order valence-corrected chi connectivity index (χ3v) is 12.5. The van der Waals surface area contributed by atoms with Crippen molar-refractivity contribution in [1.82, 2.24) is 0 Å². The summed E-state index contributed by atoms with van der Waals surface area (Å²) in [5.41, 5.74) is 20.6. The highest BCUT2D eigenvalue weighted by Gasteiger charge is 2.17. The summed E-state index contributed by atoms with van der Waals surface area (Å²) in [6, 6.07) is 68.3.